The number of hydrogen-bond donors (Lipinski definition) is 2. The van der Waals surface area contributed by atoms with Crippen molar-refractivity contribution in [2.24, 2.45) is 4.36 Å². The number of aromatic nitrogens is 2. The molecular weight excluding hydrogens is 626 g/mol. The average Bonchev–Trinajstić information content (AvgIpc) is 3.93. The molecule has 8 rings (SSSR count). The third-order valence-corrected chi connectivity index (χ3v) is 11.7. The fraction of sp³-hybridized carbons (Fsp3) is 0.263. The Hall–Kier alpha value is -4.80. The zero-order chi connectivity index (χ0) is 32.9. The molecule has 10 heteroatoms. The van der Waals surface area contributed by atoms with Gasteiger partial charge in [0.15, 0.2) is 9.92 Å². The molecule has 1 aliphatic heterocycles. The quantitative estimate of drug-likeness (QED) is 0.177. The van der Waals surface area contributed by atoms with Gasteiger partial charge in [0.1, 0.15) is 22.9 Å². The van der Waals surface area contributed by atoms with Crippen molar-refractivity contribution in [3.63, 3.8) is 0 Å². The van der Waals surface area contributed by atoms with Gasteiger partial charge in [0.2, 0.25) is 5.88 Å². The van der Waals surface area contributed by atoms with Gasteiger partial charge in [0.05, 0.1) is 12.2 Å². The summed E-state index contributed by atoms with van der Waals surface area (Å²) in [6, 6.07) is 28.3. The number of amides is 2. The van der Waals surface area contributed by atoms with E-state index in [1.54, 1.807) is 4.68 Å². The Morgan fingerprint density at radius 1 is 0.854 bits per heavy atom. The van der Waals surface area contributed by atoms with Crippen LogP contribution >= 0.6 is 0 Å². The fourth-order valence-corrected chi connectivity index (χ4v) is 9.49. The van der Waals surface area contributed by atoms with E-state index in [9.17, 15) is 4.79 Å². The fourth-order valence-electron chi connectivity index (χ4n) is 7.61. The number of rotatable bonds is 7. The van der Waals surface area contributed by atoms with Crippen molar-refractivity contribution in [3.8, 4) is 5.88 Å². The minimum absolute atomic E-state index is 0.0854. The molecule has 48 heavy (non-hydrogen) atoms. The van der Waals surface area contributed by atoms with Crippen LogP contribution in [0.5, 0.6) is 5.88 Å². The highest BCUT2D eigenvalue weighted by molar-refractivity contribution is 7.92. The summed E-state index contributed by atoms with van der Waals surface area (Å²) in [4.78, 5) is 14.4. The summed E-state index contributed by atoms with van der Waals surface area (Å²) in [6.07, 6.45) is 5.74. The van der Waals surface area contributed by atoms with Gasteiger partial charge in [-0.25, -0.2) is 22.8 Å². The van der Waals surface area contributed by atoms with Gasteiger partial charge < -0.3 is 10.1 Å². The average molecular weight is 662 g/mol. The van der Waals surface area contributed by atoms with Crippen molar-refractivity contribution < 1.29 is 18.1 Å². The molecule has 0 saturated carbocycles. The largest absolute Gasteiger partial charge is 0.475 e. The van der Waals surface area contributed by atoms with E-state index in [-0.39, 0.29) is 16.8 Å². The SMILES string of the molecule is C[C@@H]1COc2c(S(=O)(=NC(=O)Nc3c4c(c(F)c5c3CCC5)CCC4)NC(c3ccccc3)(c3ccccc3)c3ccccc3)cnn21. The molecule has 2 aliphatic carbocycles. The minimum atomic E-state index is -3.85. The molecule has 1 aromatic heterocycles. The topological polar surface area (TPSA) is 97.6 Å². The zero-order valence-corrected chi connectivity index (χ0v) is 27.4. The Morgan fingerprint density at radius 3 is 1.88 bits per heavy atom. The first-order chi connectivity index (χ1) is 23.4. The normalized spacial score (nSPS) is 17.6. The van der Waals surface area contributed by atoms with Crippen LogP contribution in [0.3, 0.4) is 0 Å². The van der Waals surface area contributed by atoms with Crippen LogP contribution in [0, 0.1) is 5.82 Å². The standard InChI is InChI=1S/C38H36FN5O3S/c1-25-24-47-36-33(23-40-44(25)36)48(46,42-37(45)41-35-31-21-11-19-29(31)34(39)30-20-12-22-32(30)35)43-38(26-13-5-2-6-14-26,27-15-7-3-8-16-27)28-17-9-4-10-18-28/h2-10,13-18,23,25H,11-12,19-22,24H2,1H3,(H2,41,42,43,45,46)/t25-,48?/m1/s1. The summed E-state index contributed by atoms with van der Waals surface area (Å²) in [5.41, 5.74) is 4.82. The predicted molar refractivity (Wildman–Crippen MR) is 183 cm³/mol. The monoisotopic (exact) mass is 661 g/mol. The summed E-state index contributed by atoms with van der Waals surface area (Å²) < 4.78 is 47.0. The molecule has 1 unspecified atom stereocenters. The number of benzene rings is 4. The van der Waals surface area contributed by atoms with Gasteiger partial charge in [-0.15, -0.1) is 4.36 Å². The van der Waals surface area contributed by atoms with E-state index < -0.39 is 21.5 Å². The summed E-state index contributed by atoms with van der Waals surface area (Å²) in [7, 11) is -3.85. The lowest BCUT2D eigenvalue weighted by Crippen LogP contribution is -2.48. The maximum atomic E-state index is 15.8. The highest BCUT2D eigenvalue weighted by Crippen LogP contribution is 2.43. The third-order valence-electron chi connectivity index (χ3n) is 9.82. The van der Waals surface area contributed by atoms with Gasteiger partial charge in [-0.05, 0) is 84.4 Å². The number of ether oxygens (including phenoxy) is 1. The van der Waals surface area contributed by atoms with Crippen LogP contribution in [0.2, 0.25) is 0 Å². The number of carbonyl (C=O) groups excluding carboxylic acids is 1. The maximum absolute atomic E-state index is 15.8. The van der Waals surface area contributed by atoms with Gasteiger partial charge in [-0.1, -0.05) is 91.0 Å². The van der Waals surface area contributed by atoms with E-state index in [2.05, 4.69) is 19.5 Å². The van der Waals surface area contributed by atoms with E-state index in [1.807, 2.05) is 97.9 Å². The van der Waals surface area contributed by atoms with Crippen LogP contribution in [-0.2, 0) is 41.1 Å². The molecule has 244 valence electrons. The second-order valence-electron chi connectivity index (χ2n) is 12.7. The van der Waals surface area contributed by atoms with E-state index in [0.717, 1.165) is 40.7 Å². The molecular formula is C38H36FN5O3S. The molecule has 2 heterocycles. The van der Waals surface area contributed by atoms with Crippen molar-refractivity contribution in [1.82, 2.24) is 14.5 Å². The number of anilines is 1. The summed E-state index contributed by atoms with van der Waals surface area (Å²) in [5, 5.41) is 7.54. The van der Waals surface area contributed by atoms with Crippen molar-refractivity contribution in [3.05, 3.63) is 142 Å². The van der Waals surface area contributed by atoms with Gasteiger partial charge in [0, 0.05) is 5.69 Å². The van der Waals surface area contributed by atoms with Crippen molar-refractivity contribution in [1.29, 1.82) is 0 Å². The van der Waals surface area contributed by atoms with Crippen LogP contribution in [0.25, 0.3) is 0 Å². The van der Waals surface area contributed by atoms with E-state index in [1.165, 1.54) is 6.20 Å². The maximum Gasteiger partial charge on any atom is 0.354 e. The molecule has 4 aromatic carbocycles. The molecule has 5 aromatic rings. The highest BCUT2D eigenvalue weighted by atomic mass is 32.2. The van der Waals surface area contributed by atoms with Gasteiger partial charge in [-0.2, -0.15) is 5.10 Å². The zero-order valence-electron chi connectivity index (χ0n) is 26.6. The molecule has 0 fully saturated rings. The number of fused-ring (bicyclic) bond motifs is 3. The number of nitrogens with one attached hydrogen (secondary N) is 2. The number of urea groups is 1. The summed E-state index contributed by atoms with van der Waals surface area (Å²) >= 11 is 0. The van der Waals surface area contributed by atoms with Crippen LogP contribution in [-0.4, -0.2) is 26.6 Å². The second-order valence-corrected chi connectivity index (χ2v) is 14.6. The Labute approximate surface area is 279 Å². The molecule has 2 N–H and O–H groups in total. The van der Waals surface area contributed by atoms with Crippen molar-refractivity contribution in [2.75, 3.05) is 11.9 Å². The van der Waals surface area contributed by atoms with Crippen molar-refractivity contribution >= 4 is 21.6 Å². The van der Waals surface area contributed by atoms with Crippen LogP contribution in [0.1, 0.15) is 64.8 Å². The lowest BCUT2D eigenvalue weighted by molar-refractivity contribution is 0.260. The number of hydrogen-bond acceptors (Lipinski definition) is 4. The first-order valence-electron chi connectivity index (χ1n) is 16.5. The predicted octanol–water partition coefficient (Wildman–Crippen LogP) is 7.51. The summed E-state index contributed by atoms with van der Waals surface area (Å²) in [5.74, 6) is 0.179. The van der Waals surface area contributed by atoms with Crippen molar-refractivity contribution in [2.45, 2.75) is 61.9 Å². The van der Waals surface area contributed by atoms with Crippen LogP contribution in [0.4, 0.5) is 14.9 Å². The highest BCUT2D eigenvalue weighted by Gasteiger charge is 2.42. The molecule has 0 bridgehead atoms. The third kappa shape index (κ3) is 4.93. The molecule has 0 spiro atoms. The molecule has 2 atom stereocenters. The second kappa shape index (κ2) is 12.0. The summed E-state index contributed by atoms with van der Waals surface area (Å²) in [6.45, 7) is 2.32. The first-order valence-corrected chi connectivity index (χ1v) is 18.0. The number of carbonyl (C=O) groups is 1. The molecule has 2 amide bonds. The number of nitrogens with zero attached hydrogens (tertiary/aromatic N) is 3. The molecule has 8 nitrogen and oxygen atoms in total. The van der Waals surface area contributed by atoms with Crippen LogP contribution in [0.15, 0.2) is 106 Å². The minimum Gasteiger partial charge on any atom is -0.475 e. The Kier molecular flexibility index (Phi) is 7.64. The first kappa shape index (κ1) is 30.5. The van der Waals surface area contributed by atoms with Gasteiger partial charge >= 0.3 is 6.03 Å². The molecule has 0 radical (unpaired) electrons. The molecule has 0 saturated heterocycles. The Morgan fingerprint density at radius 2 is 1.35 bits per heavy atom. The van der Waals surface area contributed by atoms with E-state index in [0.29, 0.717) is 55.0 Å². The van der Waals surface area contributed by atoms with Crippen LogP contribution < -0.4 is 14.8 Å². The Bertz CT molecular complexity index is 2010. The van der Waals surface area contributed by atoms with Gasteiger partial charge in [-0.3, -0.25) is 0 Å². The van der Waals surface area contributed by atoms with Gasteiger partial charge in [0.25, 0.3) is 0 Å². The molecule has 3 aliphatic rings. The van der Waals surface area contributed by atoms with E-state index in [4.69, 9.17) is 4.74 Å². The lowest BCUT2D eigenvalue weighted by Gasteiger charge is -2.37. The smallest absolute Gasteiger partial charge is 0.354 e. The Balaban J connectivity index is 1.34. The van der Waals surface area contributed by atoms with E-state index >= 15 is 8.60 Å². The lowest BCUT2D eigenvalue weighted by atomic mass is 9.78. The number of halogens is 1.